The maximum Gasteiger partial charge on any atom is 0.304 e. The van der Waals surface area contributed by atoms with Gasteiger partial charge in [0.05, 0.1) is 19.2 Å². The minimum Gasteiger partial charge on any atom is -0.494 e. The molecule has 2 unspecified atom stereocenters. The first kappa shape index (κ1) is 27.3. The maximum atomic E-state index is 12.0. The summed E-state index contributed by atoms with van der Waals surface area (Å²) in [5.41, 5.74) is 12.5. The SMILES string of the molecule is CCC1CN(Cc2cc(C(CC(=O)O)c3cc(N)c(N(C)N)c(OC)c3)ccc2C)Cc2ccccc2O1. The lowest BCUT2D eigenvalue weighted by Crippen LogP contribution is -2.32. The molecule has 0 aromatic heterocycles. The first-order valence-corrected chi connectivity index (χ1v) is 12.9. The molecule has 3 aromatic carbocycles. The zero-order chi connectivity index (χ0) is 27.4. The number of carbonyl (C=O) groups is 1. The van der Waals surface area contributed by atoms with E-state index in [1.54, 1.807) is 20.2 Å². The molecule has 8 nitrogen and oxygen atoms in total. The highest BCUT2D eigenvalue weighted by Gasteiger charge is 2.25. The Morgan fingerprint density at radius 2 is 1.97 bits per heavy atom. The van der Waals surface area contributed by atoms with Crippen molar-refractivity contribution in [2.45, 2.75) is 51.8 Å². The number of nitrogens with two attached hydrogens (primary N) is 2. The molecule has 0 saturated carbocycles. The van der Waals surface area contributed by atoms with Crippen LogP contribution in [0.1, 0.15) is 53.5 Å². The molecular weight excluding hydrogens is 480 g/mol. The van der Waals surface area contributed by atoms with Crippen LogP contribution in [0.5, 0.6) is 11.5 Å². The lowest BCUT2D eigenvalue weighted by atomic mass is 9.86. The number of para-hydroxylation sites is 1. The molecule has 0 amide bonds. The molecule has 5 N–H and O–H groups in total. The summed E-state index contributed by atoms with van der Waals surface area (Å²) < 4.78 is 11.8. The van der Waals surface area contributed by atoms with Crippen LogP contribution in [-0.4, -0.2) is 42.8 Å². The number of rotatable bonds is 9. The van der Waals surface area contributed by atoms with Crippen LogP contribution in [0.2, 0.25) is 0 Å². The number of carboxylic acid groups (broad SMARTS) is 1. The number of nitrogen functional groups attached to an aromatic ring is 1. The standard InChI is InChI=1S/C30H38N4O4/c1-5-24-18-34(16-21-8-6-7-9-27(21)38-24)17-23-12-20(11-10-19(23)2)25(15-29(35)36)22-13-26(31)30(33(3)32)28(14-22)37-4/h6-14,24-25H,5,15-18,31-32H2,1-4H3,(H,35,36). The van der Waals surface area contributed by atoms with E-state index in [0.717, 1.165) is 54.1 Å². The summed E-state index contributed by atoms with van der Waals surface area (Å²) in [6.07, 6.45) is 0.949. The van der Waals surface area contributed by atoms with Gasteiger partial charge in [-0.15, -0.1) is 0 Å². The van der Waals surface area contributed by atoms with Crippen LogP contribution in [0.4, 0.5) is 11.4 Å². The van der Waals surface area contributed by atoms with E-state index in [9.17, 15) is 9.90 Å². The molecule has 4 rings (SSSR count). The van der Waals surface area contributed by atoms with Crippen LogP contribution in [0.25, 0.3) is 0 Å². The second-order valence-corrected chi connectivity index (χ2v) is 10.0. The number of aliphatic carboxylic acids is 1. The third-order valence-electron chi connectivity index (χ3n) is 7.23. The highest BCUT2D eigenvalue weighted by atomic mass is 16.5. The van der Waals surface area contributed by atoms with Gasteiger partial charge in [-0.3, -0.25) is 9.69 Å². The third kappa shape index (κ3) is 6.03. The molecule has 1 aliphatic rings. The van der Waals surface area contributed by atoms with Gasteiger partial charge in [-0.25, -0.2) is 5.84 Å². The number of hydrogen-bond acceptors (Lipinski definition) is 7. The van der Waals surface area contributed by atoms with Crippen molar-refractivity contribution < 1.29 is 19.4 Å². The van der Waals surface area contributed by atoms with Crippen molar-refractivity contribution in [1.82, 2.24) is 4.90 Å². The zero-order valence-electron chi connectivity index (χ0n) is 22.6. The van der Waals surface area contributed by atoms with Gasteiger partial charge in [0.2, 0.25) is 0 Å². The molecular formula is C30H38N4O4. The third-order valence-corrected chi connectivity index (χ3v) is 7.23. The van der Waals surface area contributed by atoms with Crippen LogP contribution in [0.3, 0.4) is 0 Å². The van der Waals surface area contributed by atoms with Gasteiger partial charge >= 0.3 is 5.97 Å². The molecule has 0 fully saturated rings. The van der Waals surface area contributed by atoms with Gasteiger partial charge in [-0.05, 0) is 53.8 Å². The Labute approximate surface area is 224 Å². The van der Waals surface area contributed by atoms with Crippen molar-refractivity contribution in [2.24, 2.45) is 5.84 Å². The number of benzene rings is 3. The lowest BCUT2D eigenvalue weighted by Gasteiger charge is -2.26. The van der Waals surface area contributed by atoms with E-state index in [2.05, 4.69) is 36.9 Å². The van der Waals surface area contributed by atoms with Crippen LogP contribution in [0, 0.1) is 6.92 Å². The summed E-state index contributed by atoms with van der Waals surface area (Å²) >= 11 is 0. The molecule has 1 aliphatic heterocycles. The molecule has 0 aliphatic carbocycles. The van der Waals surface area contributed by atoms with Gasteiger partial charge in [-0.2, -0.15) is 0 Å². The topological polar surface area (TPSA) is 114 Å². The summed E-state index contributed by atoms with van der Waals surface area (Å²) in [4.78, 5) is 14.4. The van der Waals surface area contributed by atoms with E-state index in [4.69, 9.17) is 21.1 Å². The molecule has 8 heteroatoms. The van der Waals surface area contributed by atoms with Gasteiger partial charge < -0.3 is 25.3 Å². The number of carboxylic acids is 1. The van der Waals surface area contributed by atoms with Crippen LogP contribution < -0.4 is 26.1 Å². The van der Waals surface area contributed by atoms with Crippen molar-refractivity contribution in [3.63, 3.8) is 0 Å². The van der Waals surface area contributed by atoms with Crippen molar-refractivity contribution in [3.05, 3.63) is 82.4 Å². The van der Waals surface area contributed by atoms with E-state index < -0.39 is 11.9 Å². The minimum atomic E-state index is -0.887. The Hall–Kier alpha value is -3.75. The Morgan fingerprint density at radius 1 is 1.21 bits per heavy atom. The first-order chi connectivity index (χ1) is 18.2. The van der Waals surface area contributed by atoms with Gasteiger partial charge in [0.25, 0.3) is 0 Å². The Bertz CT molecular complexity index is 1290. The molecule has 0 radical (unpaired) electrons. The number of nitrogens with zero attached hydrogens (tertiary/aromatic N) is 2. The monoisotopic (exact) mass is 518 g/mol. The first-order valence-electron chi connectivity index (χ1n) is 12.9. The van der Waals surface area contributed by atoms with E-state index in [1.807, 2.05) is 30.3 Å². The highest BCUT2D eigenvalue weighted by Crippen LogP contribution is 2.39. The number of methoxy groups -OCH3 is 1. The van der Waals surface area contributed by atoms with E-state index in [0.29, 0.717) is 17.1 Å². The second kappa shape index (κ2) is 11.8. The highest BCUT2D eigenvalue weighted by molar-refractivity contribution is 5.76. The zero-order valence-corrected chi connectivity index (χ0v) is 22.6. The fourth-order valence-corrected chi connectivity index (χ4v) is 5.20. The number of hydrazine groups is 1. The average molecular weight is 519 g/mol. The molecule has 3 aromatic rings. The van der Waals surface area contributed by atoms with Crippen molar-refractivity contribution in [1.29, 1.82) is 0 Å². The van der Waals surface area contributed by atoms with Crippen molar-refractivity contribution in [3.8, 4) is 11.5 Å². The predicted molar refractivity (Wildman–Crippen MR) is 151 cm³/mol. The number of fused-ring (bicyclic) bond motifs is 1. The van der Waals surface area contributed by atoms with Gasteiger partial charge in [-0.1, -0.05) is 43.3 Å². The van der Waals surface area contributed by atoms with Crippen LogP contribution in [-0.2, 0) is 17.9 Å². The minimum absolute atomic E-state index is 0.0776. The van der Waals surface area contributed by atoms with Crippen molar-refractivity contribution in [2.75, 3.05) is 31.4 Å². The fraction of sp³-hybridized carbons (Fsp3) is 0.367. The maximum absolute atomic E-state index is 12.0. The number of hydrogen-bond donors (Lipinski definition) is 3. The largest absolute Gasteiger partial charge is 0.494 e. The molecule has 1 heterocycles. The summed E-state index contributed by atoms with van der Waals surface area (Å²) in [5, 5.41) is 11.2. The molecule has 0 bridgehead atoms. The Morgan fingerprint density at radius 3 is 2.66 bits per heavy atom. The molecule has 2 atom stereocenters. The number of ether oxygens (including phenoxy) is 2. The van der Waals surface area contributed by atoms with Gasteiger partial charge in [0.1, 0.15) is 23.3 Å². The van der Waals surface area contributed by atoms with Gasteiger partial charge in [0.15, 0.2) is 0 Å². The second-order valence-electron chi connectivity index (χ2n) is 10.0. The van der Waals surface area contributed by atoms with Crippen LogP contribution >= 0.6 is 0 Å². The quantitative estimate of drug-likeness (QED) is 0.213. The van der Waals surface area contributed by atoms with E-state index in [1.165, 1.54) is 10.6 Å². The molecule has 0 saturated heterocycles. The predicted octanol–water partition coefficient (Wildman–Crippen LogP) is 4.68. The van der Waals surface area contributed by atoms with Crippen LogP contribution in [0.15, 0.2) is 54.6 Å². The Kier molecular flexibility index (Phi) is 8.44. The Balaban J connectivity index is 1.69. The number of aryl methyl sites for hydroxylation is 1. The average Bonchev–Trinajstić information content (AvgIpc) is 3.06. The fourth-order valence-electron chi connectivity index (χ4n) is 5.20. The summed E-state index contributed by atoms with van der Waals surface area (Å²) in [7, 11) is 3.23. The van der Waals surface area contributed by atoms with E-state index in [-0.39, 0.29) is 12.5 Å². The van der Waals surface area contributed by atoms with Gasteiger partial charge in [0, 0.05) is 38.2 Å². The lowest BCUT2D eigenvalue weighted by molar-refractivity contribution is -0.137. The molecule has 38 heavy (non-hydrogen) atoms. The smallest absolute Gasteiger partial charge is 0.304 e. The summed E-state index contributed by atoms with van der Waals surface area (Å²) in [6.45, 7) is 6.58. The normalized spacial score (nSPS) is 16.2. The summed E-state index contributed by atoms with van der Waals surface area (Å²) in [6, 6.07) is 18.0. The molecule has 202 valence electrons. The number of anilines is 2. The van der Waals surface area contributed by atoms with Crippen molar-refractivity contribution >= 4 is 17.3 Å². The summed E-state index contributed by atoms with van der Waals surface area (Å²) in [5.74, 6) is 6.12. The molecule has 0 spiro atoms. The van der Waals surface area contributed by atoms with E-state index >= 15 is 0 Å².